The van der Waals surface area contributed by atoms with Crippen molar-refractivity contribution in [2.24, 2.45) is 0 Å². The Labute approximate surface area is 131 Å². The maximum Gasteiger partial charge on any atom is 0.221 e. The molecular formula is C19H20N2O. The van der Waals surface area contributed by atoms with Gasteiger partial charge in [0.2, 0.25) is 5.88 Å². The van der Waals surface area contributed by atoms with E-state index in [1.807, 2.05) is 50.5 Å². The average Bonchev–Trinajstić information content (AvgIpc) is 2.54. The van der Waals surface area contributed by atoms with Crippen LogP contribution in [-0.2, 0) is 0 Å². The molecule has 112 valence electrons. The number of pyridine rings is 1. The van der Waals surface area contributed by atoms with E-state index in [0.717, 1.165) is 28.6 Å². The molecule has 0 aliphatic carbocycles. The largest absolute Gasteiger partial charge is 0.476 e. The van der Waals surface area contributed by atoms with E-state index in [-0.39, 0.29) is 0 Å². The smallest absolute Gasteiger partial charge is 0.221 e. The Hall–Kier alpha value is -2.39. The van der Waals surface area contributed by atoms with Crippen LogP contribution in [0.3, 0.4) is 0 Å². The number of aromatic nitrogens is 1. The van der Waals surface area contributed by atoms with Crippen LogP contribution in [0, 0.1) is 0 Å². The highest BCUT2D eigenvalue weighted by Gasteiger charge is 2.10. The first kappa shape index (κ1) is 14.5. The van der Waals surface area contributed by atoms with E-state index in [4.69, 9.17) is 9.72 Å². The van der Waals surface area contributed by atoms with Crippen molar-refractivity contribution in [2.45, 2.75) is 0 Å². The molecule has 3 heteroatoms. The van der Waals surface area contributed by atoms with Crippen molar-refractivity contribution in [3.05, 3.63) is 60.7 Å². The second-order valence-electron chi connectivity index (χ2n) is 5.55. The summed E-state index contributed by atoms with van der Waals surface area (Å²) in [6.45, 7) is 1.49. The van der Waals surface area contributed by atoms with E-state index in [0.29, 0.717) is 12.5 Å². The summed E-state index contributed by atoms with van der Waals surface area (Å²) < 4.78 is 5.96. The van der Waals surface area contributed by atoms with Crippen molar-refractivity contribution < 1.29 is 4.74 Å². The van der Waals surface area contributed by atoms with Gasteiger partial charge >= 0.3 is 0 Å². The first-order chi connectivity index (χ1) is 10.7. The third-order valence-corrected chi connectivity index (χ3v) is 3.55. The molecule has 3 rings (SSSR count). The van der Waals surface area contributed by atoms with Crippen molar-refractivity contribution in [1.82, 2.24) is 9.88 Å². The summed E-state index contributed by atoms with van der Waals surface area (Å²) in [5, 5.41) is 1.13. The van der Waals surface area contributed by atoms with Gasteiger partial charge < -0.3 is 9.64 Å². The molecule has 0 spiro atoms. The van der Waals surface area contributed by atoms with Crippen molar-refractivity contribution >= 4 is 10.9 Å². The fourth-order valence-corrected chi connectivity index (χ4v) is 2.36. The fourth-order valence-electron chi connectivity index (χ4n) is 2.36. The van der Waals surface area contributed by atoms with Crippen molar-refractivity contribution in [2.75, 3.05) is 27.2 Å². The van der Waals surface area contributed by atoms with Crippen molar-refractivity contribution in [1.29, 1.82) is 0 Å². The molecule has 0 fully saturated rings. The summed E-state index contributed by atoms with van der Waals surface area (Å²) in [6.07, 6.45) is 0. The van der Waals surface area contributed by atoms with Gasteiger partial charge in [-0.05, 0) is 31.8 Å². The molecule has 0 radical (unpaired) electrons. The number of benzene rings is 2. The molecule has 0 aliphatic rings. The average molecular weight is 292 g/mol. The summed E-state index contributed by atoms with van der Waals surface area (Å²) in [6, 6.07) is 20.6. The van der Waals surface area contributed by atoms with Crippen LogP contribution in [0.2, 0.25) is 0 Å². The topological polar surface area (TPSA) is 25.4 Å². The van der Waals surface area contributed by atoms with Crippen LogP contribution in [-0.4, -0.2) is 37.1 Å². The molecule has 3 aromatic rings. The van der Waals surface area contributed by atoms with Crippen LogP contribution >= 0.6 is 0 Å². The van der Waals surface area contributed by atoms with Gasteiger partial charge in [-0.2, -0.15) is 0 Å². The number of fused-ring (bicyclic) bond motifs is 1. The zero-order valence-corrected chi connectivity index (χ0v) is 13.0. The molecule has 22 heavy (non-hydrogen) atoms. The lowest BCUT2D eigenvalue weighted by Crippen LogP contribution is -2.19. The van der Waals surface area contributed by atoms with Crippen LogP contribution in [0.5, 0.6) is 5.88 Å². The van der Waals surface area contributed by atoms with Gasteiger partial charge in [-0.3, -0.25) is 0 Å². The monoisotopic (exact) mass is 292 g/mol. The Morgan fingerprint density at radius 2 is 1.68 bits per heavy atom. The lowest BCUT2D eigenvalue weighted by atomic mass is 10.0. The summed E-state index contributed by atoms with van der Waals surface area (Å²) >= 11 is 0. The van der Waals surface area contributed by atoms with Crippen LogP contribution in [0.25, 0.3) is 22.0 Å². The van der Waals surface area contributed by atoms with E-state index in [1.165, 1.54) is 0 Å². The lowest BCUT2D eigenvalue weighted by molar-refractivity contribution is 0.255. The lowest BCUT2D eigenvalue weighted by Gasteiger charge is -2.14. The van der Waals surface area contributed by atoms with Crippen molar-refractivity contribution in [3.63, 3.8) is 0 Å². The summed E-state index contributed by atoms with van der Waals surface area (Å²) in [7, 11) is 4.07. The van der Waals surface area contributed by atoms with Gasteiger partial charge in [-0.15, -0.1) is 0 Å². The molecule has 3 nitrogen and oxygen atoms in total. The first-order valence-corrected chi connectivity index (χ1v) is 7.47. The molecule has 0 saturated carbocycles. The number of likely N-dealkylation sites (N-methyl/N-ethyl adjacent to an activating group) is 1. The van der Waals surface area contributed by atoms with E-state index in [1.54, 1.807) is 0 Å². The molecule has 0 N–H and O–H groups in total. The SMILES string of the molecule is CN(C)CCOc1nc2ccccc2cc1-c1ccccc1. The van der Waals surface area contributed by atoms with Gasteiger partial charge in [0.15, 0.2) is 0 Å². The number of rotatable bonds is 5. The zero-order valence-electron chi connectivity index (χ0n) is 13.0. The van der Waals surface area contributed by atoms with Gasteiger partial charge in [0.1, 0.15) is 6.61 Å². The molecule has 1 aromatic heterocycles. The Kier molecular flexibility index (Phi) is 4.35. The summed E-state index contributed by atoms with van der Waals surface area (Å²) in [4.78, 5) is 6.81. The molecule has 2 aromatic carbocycles. The number of hydrogen-bond donors (Lipinski definition) is 0. The predicted octanol–water partition coefficient (Wildman–Crippen LogP) is 3.84. The van der Waals surface area contributed by atoms with Crippen LogP contribution < -0.4 is 4.74 Å². The molecule has 0 atom stereocenters. The van der Waals surface area contributed by atoms with Crippen LogP contribution in [0.4, 0.5) is 0 Å². The van der Waals surface area contributed by atoms with Gasteiger partial charge in [0.05, 0.1) is 5.52 Å². The minimum absolute atomic E-state index is 0.623. The van der Waals surface area contributed by atoms with Gasteiger partial charge in [0, 0.05) is 17.5 Å². The Bertz CT molecular complexity index is 754. The Balaban J connectivity index is 2.02. The zero-order chi connectivity index (χ0) is 15.4. The van der Waals surface area contributed by atoms with E-state index >= 15 is 0 Å². The molecule has 0 bridgehead atoms. The maximum absolute atomic E-state index is 5.96. The Morgan fingerprint density at radius 3 is 2.45 bits per heavy atom. The first-order valence-electron chi connectivity index (χ1n) is 7.47. The second kappa shape index (κ2) is 6.58. The highest BCUT2D eigenvalue weighted by atomic mass is 16.5. The van der Waals surface area contributed by atoms with E-state index < -0.39 is 0 Å². The highest BCUT2D eigenvalue weighted by Crippen LogP contribution is 2.31. The molecule has 0 saturated heterocycles. The minimum Gasteiger partial charge on any atom is -0.476 e. The number of para-hydroxylation sites is 1. The third-order valence-electron chi connectivity index (χ3n) is 3.55. The van der Waals surface area contributed by atoms with Gasteiger partial charge in [-0.25, -0.2) is 4.98 Å². The van der Waals surface area contributed by atoms with Gasteiger partial charge in [-0.1, -0.05) is 48.5 Å². The number of ether oxygens (including phenoxy) is 1. The number of hydrogen-bond acceptors (Lipinski definition) is 3. The number of nitrogens with zero attached hydrogens (tertiary/aromatic N) is 2. The Morgan fingerprint density at radius 1 is 0.955 bits per heavy atom. The molecular weight excluding hydrogens is 272 g/mol. The molecule has 1 heterocycles. The minimum atomic E-state index is 0.623. The highest BCUT2D eigenvalue weighted by molar-refractivity contribution is 5.86. The van der Waals surface area contributed by atoms with Crippen LogP contribution in [0.1, 0.15) is 0 Å². The van der Waals surface area contributed by atoms with E-state index in [9.17, 15) is 0 Å². The normalized spacial score (nSPS) is 11.0. The molecule has 0 unspecified atom stereocenters. The standard InChI is InChI=1S/C19H20N2O/c1-21(2)12-13-22-19-17(15-8-4-3-5-9-15)14-16-10-6-7-11-18(16)20-19/h3-11,14H,12-13H2,1-2H3. The second-order valence-corrected chi connectivity index (χ2v) is 5.55. The van der Waals surface area contributed by atoms with E-state index in [2.05, 4.69) is 29.2 Å². The summed E-state index contributed by atoms with van der Waals surface area (Å²) in [5.74, 6) is 0.701. The molecule has 0 amide bonds. The predicted molar refractivity (Wildman–Crippen MR) is 91.2 cm³/mol. The van der Waals surface area contributed by atoms with Crippen LogP contribution in [0.15, 0.2) is 60.7 Å². The fraction of sp³-hybridized carbons (Fsp3) is 0.211. The maximum atomic E-state index is 5.96. The molecule has 0 aliphatic heterocycles. The van der Waals surface area contributed by atoms with Gasteiger partial charge in [0.25, 0.3) is 0 Å². The third kappa shape index (κ3) is 3.26. The summed E-state index contributed by atoms with van der Waals surface area (Å²) in [5.41, 5.74) is 3.13. The quantitative estimate of drug-likeness (QED) is 0.714. The van der Waals surface area contributed by atoms with Crippen molar-refractivity contribution in [3.8, 4) is 17.0 Å².